The van der Waals surface area contributed by atoms with Crippen molar-refractivity contribution < 1.29 is 18.1 Å². The van der Waals surface area contributed by atoms with Gasteiger partial charge in [0.1, 0.15) is 17.2 Å². The number of benzene rings is 4. The van der Waals surface area contributed by atoms with Gasteiger partial charge in [-0.2, -0.15) is 4.57 Å². The summed E-state index contributed by atoms with van der Waals surface area (Å²) in [6.45, 7) is 6.37. The van der Waals surface area contributed by atoms with E-state index < -0.39 is 7.82 Å². The number of aryl methyl sites for hydroxylation is 1. The average molecular weight is 461 g/mol. The van der Waals surface area contributed by atoms with E-state index in [-0.39, 0.29) is 0 Å². The van der Waals surface area contributed by atoms with Crippen LogP contribution in [0.1, 0.15) is 44.2 Å². The highest BCUT2D eigenvalue weighted by Crippen LogP contribution is 2.50. The largest absolute Gasteiger partial charge is 0.647 e. The Morgan fingerprint density at radius 1 is 0.697 bits per heavy atom. The molecule has 5 heteroatoms. The molecule has 0 saturated carbocycles. The van der Waals surface area contributed by atoms with Gasteiger partial charge in [-0.1, -0.05) is 81.8 Å². The van der Waals surface area contributed by atoms with E-state index in [1.54, 1.807) is 30.3 Å². The minimum atomic E-state index is -4.03. The third kappa shape index (κ3) is 5.97. The Balaban J connectivity index is 1.62. The van der Waals surface area contributed by atoms with Crippen LogP contribution in [0.15, 0.2) is 91.0 Å². The first-order chi connectivity index (χ1) is 15.9. The third-order valence-electron chi connectivity index (χ3n) is 5.38. The Labute approximate surface area is 195 Å². The minimum Gasteiger partial charge on any atom is -0.386 e. The fraction of sp³-hybridized carbons (Fsp3) is 0.214. The Morgan fingerprint density at radius 2 is 1.24 bits per heavy atom. The van der Waals surface area contributed by atoms with E-state index in [1.807, 2.05) is 60.7 Å². The summed E-state index contributed by atoms with van der Waals surface area (Å²) in [5.41, 5.74) is 2.36. The number of hydrogen-bond acceptors (Lipinski definition) is 4. The van der Waals surface area contributed by atoms with Crippen LogP contribution in [0.3, 0.4) is 0 Å². The Morgan fingerprint density at radius 3 is 1.85 bits per heavy atom. The fourth-order valence-electron chi connectivity index (χ4n) is 3.59. The molecule has 4 aromatic rings. The standard InChI is InChI=1S/C28H29O4P/c1-4-7-22-10-15-26(16-11-22)30-33(29,31-27-17-12-23(13-18-27)21(2)3)32-28-19-14-24-8-5-6-9-25(24)20-28/h5-6,8-21H,4,7H2,1-3H3. The van der Waals surface area contributed by atoms with Crippen molar-refractivity contribution in [3.8, 4) is 17.2 Å². The van der Waals surface area contributed by atoms with Crippen LogP contribution >= 0.6 is 7.82 Å². The summed E-state index contributed by atoms with van der Waals surface area (Å²) >= 11 is 0. The van der Waals surface area contributed by atoms with Crippen LogP contribution < -0.4 is 13.6 Å². The third-order valence-corrected chi connectivity index (χ3v) is 6.68. The monoisotopic (exact) mass is 460 g/mol. The molecule has 0 aliphatic heterocycles. The highest BCUT2D eigenvalue weighted by Gasteiger charge is 2.33. The normalized spacial score (nSPS) is 13.0. The van der Waals surface area contributed by atoms with Crippen LogP contribution in [-0.4, -0.2) is 0 Å². The molecule has 0 aliphatic carbocycles. The molecule has 4 rings (SSSR count). The summed E-state index contributed by atoms with van der Waals surface area (Å²) in [4.78, 5) is 0. The summed E-state index contributed by atoms with van der Waals surface area (Å²) in [6.07, 6.45) is 2.03. The van der Waals surface area contributed by atoms with E-state index >= 15 is 0 Å². The van der Waals surface area contributed by atoms with E-state index in [9.17, 15) is 4.57 Å². The zero-order valence-electron chi connectivity index (χ0n) is 19.2. The second-order valence-electron chi connectivity index (χ2n) is 8.35. The molecule has 0 heterocycles. The lowest BCUT2D eigenvalue weighted by Crippen LogP contribution is -2.07. The molecule has 0 aliphatic rings. The van der Waals surface area contributed by atoms with E-state index in [0.717, 1.165) is 23.6 Å². The molecule has 0 bridgehead atoms. The van der Waals surface area contributed by atoms with Gasteiger partial charge in [0, 0.05) is 0 Å². The molecule has 0 N–H and O–H groups in total. The first-order valence-electron chi connectivity index (χ1n) is 11.3. The average Bonchev–Trinajstić information content (AvgIpc) is 2.80. The van der Waals surface area contributed by atoms with E-state index in [1.165, 1.54) is 11.1 Å². The van der Waals surface area contributed by atoms with Crippen molar-refractivity contribution >= 4 is 18.6 Å². The Hall–Kier alpha value is -3.23. The van der Waals surface area contributed by atoms with Crippen molar-refractivity contribution in [3.05, 3.63) is 102 Å². The molecule has 0 saturated heterocycles. The first kappa shape index (κ1) is 22.9. The SMILES string of the molecule is CCCc1ccc(OP(=O)(Oc2ccc(C(C)C)cc2)Oc2ccc3ccccc3c2)cc1. The van der Waals surface area contributed by atoms with Crippen LogP contribution in [-0.2, 0) is 11.0 Å². The maximum Gasteiger partial charge on any atom is 0.647 e. The smallest absolute Gasteiger partial charge is 0.386 e. The summed E-state index contributed by atoms with van der Waals surface area (Å²) in [5.74, 6) is 1.65. The Bertz CT molecular complexity index is 1250. The van der Waals surface area contributed by atoms with Crippen LogP contribution in [0, 0.1) is 0 Å². The molecular formula is C28H29O4P. The number of hydrogen-bond donors (Lipinski definition) is 0. The molecule has 0 aromatic heterocycles. The van der Waals surface area contributed by atoms with Crippen LogP contribution in [0.25, 0.3) is 10.8 Å². The van der Waals surface area contributed by atoms with Crippen molar-refractivity contribution in [2.24, 2.45) is 0 Å². The van der Waals surface area contributed by atoms with Gasteiger partial charge >= 0.3 is 7.82 Å². The number of rotatable bonds is 9. The van der Waals surface area contributed by atoms with Gasteiger partial charge in [0.15, 0.2) is 0 Å². The van der Waals surface area contributed by atoms with Gasteiger partial charge in [-0.3, -0.25) is 0 Å². The molecule has 1 unspecified atom stereocenters. The maximum absolute atomic E-state index is 13.8. The highest BCUT2D eigenvalue weighted by atomic mass is 31.2. The van der Waals surface area contributed by atoms with E-state index in [0.29, 0.717) is 23.2 Å². The molecule has 1 atom stereocenters. The summed E-state index contributed by atoms with van der Waals surface area (Å²) in [7, 11) is -4.03. The van der Waals surface area contributed by atoms with E-state index in [2.05, 4.69) is 20.8 Å². The van der Waals surface area contributed by atoms with Crippen molar-refractivity contribution in [1.29, 1.82) is 0 Å². The molecular weight excluding hydrogens is 431 g/mol. The topological polar surface area (TPSA) is 44.8 Å². The number of phosphoric ester groups is 1. The van der Waals surface area contributed by atoms with Crippen LogP contribution in [0.2, 0.25) is 0 Å². The fourth-order valence-corrected chi connectivity index (χ4v) is 4.83. The van der Waals surface area contributed by atoms with Gasteiger partial charge in [-0.15, -0.1) is 0 Å². The molecule has 0 spiro atoms. The van der Waals surface area contributed by atoms with Crippen molar-refractivity contribution in [2.75, 3.05) is 0 Å². The quantitative estimate of drug-likeness (QED) is 0.235. The predicted octanol–water partition coefficient (Wildman–Crippen LogP) is 8.56. The van der Waals surface area contributed by atoms with Crippen molar-refractivity contribution in [2.45, 2.75) is 39.5 Å². The number of phosphoric acid groups is 1. The van der Waals surface area contributed by atoms with Crippen LogP contribution in [0.4, 0.5) is 0 Å². The molecule has 4 aromatic carbocycles. The molecule has 0 radical (unpaired) electrons. The summed E-state index contributed by atoms with van der Waals surface area (Å²) in [6, 6.07) is 28.5. The van der Waals surface area contributed by atoms with Gasteiger partial charge in [0.25, 0.3) is 0 Å². The molecule has 170 valence electrons. The summed E-state index contributed by atoms with van der Waals surface area (Å²) < 4.78 is 31.4. The second kappa shape index (κ2) is 10.1. The predicted molar refractivity (Wildman–Crippen MR) is 134 cm³/mol. The molecule has 0 fully saturated rings. The molecule has 0 amide bonds. The minimum absolute atomic E-state index is 0.387. The van der Waals surface area contributed by atoms with Crippen LogP contribution in [0.5, 0.6) is 17.2 Å². The highest BCUT2D eigenvalue weighted by molar-refractivity contribution is 7.49. The first-order valence-corrected chi connectivity index (χ1v) is 12.8. The van der Waals surface area contributed by atoms with Gasteiger partial charge in [0.05, 0.1) is 0 Å². The number of fused-ring (bicyclic) bond motifs is 1. The zero-order valence-corrected chi connectivity index (χ0v) is 20.1. The molecule has 4 nitrogen and oxygen atoms in total. The lowest BCUT2D eigenvalue weighted by atomic mass is 10.0. The Kier molecular flexibility index (Phi) is 7.05. The van der Waals surface area contributed by atoms with Gasteiger partial charge < -0.3 is 13.6 Å². The lowest BCUT2D eigenvalue weighted by Gasteiger charge is -2.20. The summed E-state index contributed by atoms with van der Waals surface area (Å²) in [5, 5.41) is 2.05. The second-order valence-corrected chi connectivity index (χ2v) is 9.79. The zero-order chi connectivity index (χ0) is 23.3. The van der Waals surface area contributed by atoms with Crippen molar-refractivity contribution in [1.82, 2.24) is 0 Å². The van der Waals surface area contributed by atoms with Gasteiger partial charge in [-0.25, -0.2) is 0 Å². The molecule has 33 heavy (non-hydrogen) atoms. The van der Waals surface area contributed by atoms with Crippen molar-refractivity contribution in [3.63, 3.8) is 0 Å². The maximum atomic E-state index is 13.8. The van der Waals surface area contributed by atoms with E-state index in [4.69, 9.17) is 13.6 Å². The van der Waals surface area contributed by atoms with Gasteiger partial charge in [0.2, 0.25) is 0 Å². The van der Waals surface area contributed by atoms with Gasteiger partial charge in [-0.05, 0) is 70.6 Å². The lowest BCUT2D eigenvalue weighted by molar-refractivity contribution is 0.298.